The third-order valence-electron chi connectivity index (χ3n) is 2.13. The summed E-state index contributed by atoms with van der Waals surface area (Å²) < 4.78 is 34.8. The smallest absolute Gasteiger partial charge is 0.221 e. The molecule has 0 aliphatic rings. The fourth-order valence-corrected chi connectivity index (χ4v) is 1.76. The number of hydrogen-bond acceptors (Lipinski definition) is 3. The average Bonchev–Trinajstić information content (AvgIpc) is 2.24. The van der Waals surface area contributed by atoms with Crippen LogP contribution >= 0.6 is 0 Å². The predicted octanol–water partition coefficient (Wildman–Crippen LogP) is 0.877. The summed E-state index contributed by atoms with van der Waals surface area (Å²) in [6.07, 6.45) is 0.963. The first kappa shape index (κ1) is 13.6. The van der Waals surface area contributed by atoms with Gasteiger partial charge in [0.1, 0.15) is 15.7 Å². The van der Waals surface area contributed by atoms with Crippen molar-refractivity contribution in [3.8, 4) is 0 Å². The van der Waals surface area contributed by atoms with Crippen LogP contribution in [0.4, 0.5) is 4.39 Å². The van der Waals surface area contributed by atoms with Gasteiger partial charge in [0.25, 0.3) is 0 Å². The standard InChI is InChI=1S/C11H14FNO3S/c1-17(15,16)7-6-11(14)13-8-9-4-2-3-5-10(9)12/h2-5H,6-8H2,1H3,(H,13,14). The topological polar surface area (TPSA) is 63.2 Å². The second-order valence-electron chi connectivity index (χ2n) is 3.75. The molecule has 1 amide bonds. The molecule has 6 heteroatoms. The van der Waals surface area contributed by atoms with Crippen molar-refractivity contribution in [2.75, 3.05) is 12.0 Å². The summed E-state index contributed by atoms with van der Waals surface area (Å²) in [6.45, 7) is 0.0648. The highest BCUT2D eigenvalue weighted by atomic mass is 32.2. The van der Waals surface area contributed by atoms with Gasteiger partial charge in [0.05, 0.1) is 5.75 Å². The van der Waals surface area contributed by atoms with E-state index in [0.29, 0.717) is 5.56 Å². The molecule has 0 atom stereocenters. The van der Waals surface area contributed by atoms with Crippen molar-refractivity contribution >= 4 is 15.7 Å². The maximum absolute atomic E-state index is 13.2. The summed E-state index contributed by atoms with van der Waals surface area (Å²) >= 11 is 0. The Balaban J connectivity index is 2.42. The second-order valence-corrected chi connectivity index (χ2v) is 6.01. The van der Waals surface area contributed by atoms with E-state index in [-0.39, 0.29) is 18.7 Å². The zero-order chi connectivity index (χ0) is 12.9. The lowest BCUT2D eigenvalue weighted by Gasteiger charge is -2.05. The minimum absolute atomic E-state index is 0.0648. The molecule has 0 bridgehead atoms. The zero-order valence-corrected chi connectivity index (χ0v) is 10.3. The van der Waals surface area contributed by atoms with E-state index in [1.807, 2.05) is 0 Å². The van der Waals surface area contributed by atoms with Gasteiger partial charge in [-0.2, -0.15) is 0 Å². The highest BCUT2D eigenvalue weighted by molar-refractivity contribution is 7.90. The van der Waals surface area contributed by atoms with E-state index in [0.717, 1.165) is 6.26 Å². The van der Waals surface area contributed by atoms with Gasteiger partial charge in [0.2, 0.25) is 5.91 Å². The fraction of sp³-hybridized carbons (Fsp3) is 0.364. The third kappa shape index (κ3) is 5.44. The van der Waals surface area contributed by atoms with Gasteiger partial charge in [-0.3, -0.25) is 4.79 Å². The molecule has 0 aliphatic carbocycles. The second kappa shape index (κ2) is 5.77. The molecule has 1 N–H and O–H groups in total. The van der Waals surface area contributed by atoms with E-state index >= 15 is 0 Å². The average molecular weight is 259 g/mol. The Hall–Kier alpha value is -1.43. The molecule has 0 aromatic heterocycles. The van der Waals surface area contributed by atoms with E-state index in [1.165, 1.54) is 6.07 Å². The van der Waals surface area contributed by atoms with Crippen LogP contribution in [0.1, 0.15) is 12.0 Å². The molecule has 1 aromatic carbocycles. The molecule has 1 aromatic rings. The monoisotopic (exact) mass is 259 g/mol. The Bertz CT molecular complexity index is 499. The molecule has 0 radical (unpaired) electrons. The summed E-state index contributed by atoms with van der Waals surface area (Å²) in [6, 6.07) is 6.09. The molecule has 0 aliphatic heterocycles. The van der Waals surface area contributed by atoms with Crippen LogP contribution in [-0.4, -0.2) is 26.3 Å². The first-order chi connectivity index (χ1) is 7.88. The van der Waals surface area contributed by atoms with Crippen LogP contribution in [0.25, 0.3) is 0 Å². The highest BCUT2D eigenvalue weighted by Crippen LogP contribution is 2.05. The van der Waals surface area contributed by atoms with Crippen molar-refractivity contribution in [1.29, 1.82) is 0 Å². The van der Waals surface area contributed by atoms with Gasteiger partial charge in [-0.1, -0.05) is 18.2 Å². The van der Waals surface area contributed by atoms with Crippen molar-refractivity contribution in [1.82, 2.24) is 5.32 Å². The van der Waals surface area contributed by atoms with Crippen molar-refractivity contribution in [3.05, 3.63) is 35.6 Å². The minimum atomic E-state index is -3.15. The quantitative estimate of drug-likeness (QED) is 0.853. The number of benzene rings is 1. The van der Waals surface area contributed by atoms with Crippen LogP contribution in [0.3, 0.4) is 0 Å². The van der Waals surface area contributed by atoms with Gasteiger partial charge in [0.15, 0.2) is 0 Å². The Morgan fingerprint density at radius 3 is 2.59 bits per heavy atom. The number of halogens is 1. The van der Waals surface area contributed by atoms with Crippen molar-refractivity contribution in [2.24, 2.45) is 0 Å². The molecular weight excluding hydrogens is 245 g/mol. The molecule has 0 saturated heterocycles. The number of sulfone groups is 1. The summed E-state index contributed by atoms with van der Waals surface area (Å²) in [7, 11) is -3.15. The summed E-state index contributed by atoms with van der Waals surface area (Å²) in [5.74, 6) is -0.995. The van der Waals surface area contributed by atoms with Crippen molar-refractivity contribution < 1.29 is 17.6 Å². The molecule has 0 unspecified atom stereocenters. The largest absolute Gasteiger partial charge is 0.352 e. The Labute approximate surface area is 99.8 Å². The molecule has 0 fully saturated rings. The molecular formula is C11H14FNO3S. The lowest BCUT2D eigenvalue weighted by atomic mass is 10.2. The first-order valence-corrected chi connectivity index (χ1v) is 7.12. The molecule has 94 valence electrons. The van der Waals surface area contributed by atoms with Gasteiger partial charge < -0.3 is 5.32 Å². The number of rotatable bonds is 5. The molecule has 4 nitrogen and oxygen atoms in total. The van der Waals surface area contributed by atoms with Gasteiger partial charge in [-0.15, -0.1) is 0 Å². The minimum Gasteiger partial charge on any atom is -0.352 e. The lowest BCUT2D eigenvalue weighted by Crippen LogP contribution is -2.25. The zero-order valence-electron chi connectivity index (χ0n) is 9.44. The molecule has 0 saturated carbocycles. The lowest BCUT2D eigenvalue weighted by molar-refractivity contribution is -0.120. The Morgan fingerprint density at radius 2 is 2.00 bits per heavy atom. The van der Waals surface area contributed by atoms with E-state index in [4.69, 9.17) is 0 Å². The number of amides is 1. The summed E-state index contributed by atoms with van der Waals surface area (Å²) in [4.78, 5) is 11.3. The Kier molecular flexibility index (Phi) is 4.62. The number of carbonyl (C=O) groups is 1. The Morgan fingerprint density at radius 1 is 1.35 bits per heavy atom. The van der Waals surface area contributed by atoms with Crippen LogP contribution in [0.5, 0.6) is 0 Å². The van der Waals surface area contributed by atoms with E-state index < -0.39 is 21.6 Å². The number of nitrogens with one attached hydrogen (secondary N) is 1. The molecule has 0 heterocycles. The molecule has 0 spiro atoms. The maximum Gasteiger partial charge on any atom is 0.221 e. The maximum atomic E-state index is 13.2. The van der Waals surface area contributed by atoms with Gasteiger partial charge in [-0.05, 0) is 6.07 Å². The first-order valence-electron chi connectivity index (χ1n) is 5.06. The van der Waals surface area contributed by atoms with E-state index in [2.05, 4.69) is 5.32 Å². The van der Waals surface area contributed by atoms with Gasteiger partial charge in [-0.25, -0.2) is 12.8 Å². The highest BCUT2D eigenvalue weighted by Gasteiger charge is 2.08. The van der Waals surface area contributed by atoms with Crippen LogP contribution in [0, 0.1) is 5.82 Å². The third-order valence-corrected chi connectivity index (χ3v) is 3.08. The number of hydrogen-bond donors (Lipinski definition) is 1. The summed E-state index contributed by atoms with van der Waals surface area (Å²) in [5.41, 5.74) is 0.375. The SMILES string of the molecule is CS(=O)(=O)CCC(=O)NCc1ccccc1F. The van der Waals surface area contributed by atoms with Gasteiger partial charge in [0, 0.05) is 24.8 Å². The van der Waals surface area contributed by atoms with Crippen molar-refractivity contribution in [3.63, 3.8) is 0 Å². The van der Waals surface area contributed by atoms with Crippen LogP contribution in [0.15, 0.2) is 24.3 Å². The summed E-state index contributed by atoms with van der Waals surface area (Å²) in [5, 5.41) is 2.47. The van der Waals surface area contributed by atoms with Gasteiger partial charge >= 0.3 is 0 Å². The number of carbonyl (C=O) groups excluding carboxylic acids is 1. The van der Waals surface area contributed by atoms with Crippen LogP contribution in [-0.2, 0) is 21.2 Å². The van der Waals surface area contributed by atoms with Crippen LogP contribution < -0.4 is 5.32 Å². The normalized spacial score (nSPS) is 11.2. The van der Waals surface area contributed by atoms with E-state index in [1.54, 1.807) is 18.2 Å². The van der Waals surface area contributed by atoms with Crippen molar-refractivity contribution in [2.45, 2.75) is 13.0 Å². The predicted molar refractivity (Wildman–Crippen MR) is 62.6 cm³/mol. The fourth-order valence-electron chi connectivity index (χ4n) is 1.20. The van der Waals surface area contributed by atoms with E-state index in [9.17, 15) is 17.6 Å². The van der Waals surface area contributed by atoms with Crippen LogP contribution in [0.2, 0.25) is 0 Å². The molecule has 1 rings (SSSR count). The molecule has 17 heavy (non-hydrogen) atoms.